The van der Waals surface area contributed by atoms with Gasteiger partial charge in [0.15, 0.2) is 11.9 Å². The molecule has 0 aliphatic heterocycles. The number of carbonyl (C=O) groups excluding carboxylic acids is 1. The average Bonchev–Trinajstić information content (AvgIpc) is 3.08. The predicted molar refractivity (Wildman–Crippen MR) is 119 cm³/mol. The van der Waals surface area contributed by atoms with Crippen molar-refractivity contribution in [2.45, 2.75) is 37.8 Å². The molecule has 3 N–H and O–H groups in total. The summed E-state index contributed by atoms with van der Waals surface area (Å²) in [6, 6.07) is 9.45. The van der Waals surface area contributed by atoms with Crippen LogP contribution in [-0.2, 0) is 22.7 Å². The van der Waals surface area contributed by atoms with E-state index in [2.05, 4.69) is 10.4 Å². The lowest BCUT2D eigenvalue weighted by Gasteiger charge is -2.18. The maximum absolute atomic E-state index is 14.2. The molecular weight excluding hydrogens is 512 g/mol. The van der Waals surface area contributed by atoms with Gasteiger partial charge in [-0.15, -0.1) is 5.10 Å². The van der Waals surface area contributed by atoms with Crippen LogP contribution in [0.15, 0.2) is 53.3 Å². The molecule has 9 nitrogen and oxygen atoms in total. The van der Waals surface area contributed by atoms with Gasteiger partial charge in [-0.3, -0.25) is 14.2 Å². The summed E-state index contributed by atoms with van der Waals surface area (Å²) in [5, 5.41) is 25.2. The van der Waals surface area contributed by atoms with Crippen molar-refractivity contribution in [2.75, 3.05) is 0 Å². The lowest BCUT2D eigenvalue weighted by atomic mass is 10.0. The van der Waals surface area contributed by atoms with E-state index in [1.165, 1.54) is 42.5 Å². The normalized spacial score (nSPS) is 13.3. The third-order valence-electron chi connectivity index (χ3n) is 5.05. The number of carbonyl (C=O) groups is 2. The number of nitrogens with one attached hydrogen (secondary N) is 1. The molecule has 0 aliphatic rings. The number of nitrogens with zero attached hydrogens (tertiary/aromatic N) is 3. The first kappa shape index (κ1) is 26.9. The van der Waals surface area contributed by atoms with E-state index in [1.807, 2.05) is 0 Å². The third-order valence-corrected chi connectivity index (χ3v) is 5.30. The van der Waals surface area contributed by atoms with E-state index in [0.717, 1.165) is 6.07 Å². The molecular formula is C22H19ClF4N4O5. The van der Waals surface area contributed by atoms with E-state index in [-0.39, 0.29) is 17.0 Å². The number of hydrogen-bond acceptors (Lipinski definition) is 5. The fourth-order valence-corrected chi connectivity index (χ4v) is 3.47. The Morgan fingerprint density at radius 3 is 2.33 bits per heavy atom. The molecule has 2 aromatic carbocycles. The highest BCUT2D eigenvalue weighted by Crippen LogP contribution is 2.24. The Bertz CT molecular complexity index is 1310. The largest absolute Gasteiger partial charge is 0.481 e. The lowest BCUT2D eigenvalue weighted by Crippen LogP contribution is -2.39. The van der Waals surface area contributed by atoms with Crippen LogP contribution in [0.2, 0.25) is 5.02 Å². The van der Waals surface area contributed by atoms with Crippen molar-refractivity contribution in [3.05, 3.63) is 75.4 Å². The zero-order valence-corrected chi connectivity index (χ0v) is 19.0. The maximum atomic E-state index is 14.2. The summed E-state index contributed by atoms with van der Waals surface area (Å²) in [5.74, 6) is -3.33. The molecule has 0 saturated carbocycles. The van der Waals surface area contributed by atoms with Crippen LogP contribution < -0.4 is 11.0 Å². The van der Waals surface area contributed by atoms with Crippen LogP contribution in [0.25, 0.3) is 11.4 Å². The number of carboxylic acids is 1. The Morgan fingerprint density at radius 1 is 1.11 bits per heavy atom. The average molecular weight is 531 g/mol. The summed E-state index contributed by atoms with van der Waals surface area (Å²) in [4.78, 5) is 36.7. The Balaban J connectivity index is 1.93. The second kappa shape index (κ2) is 10.9. The smallest absolute Gasteiger partial charge is 0.416 e. The summed E-state index contributed by atoms with van der Waals surface area (Å²) in [7, 11) is 0. The molecule has 0 saturated heterocycles. The Morgan fingerprint density at radius 2 is 1.75 bits per heavy atom. The van der Waals surface area contributed by atoms with E-state index in [9.17, 15) is 37.1 Å². The van der Waals surface area contributed by atoms with Crippen LogP contribution in [0.4, 0.5) is 17.6 Å². The quantitative estimate of drug-likeness (QED) is 0.365. The third kappa shape index (κ3) is 6.49. The first-order valence-corrected chi connectivity index (χ1v) is 10.7. The summed E-state index contributed by atoms with van der Waals surface area (Å²) >= 11 is 5.83. The molecule has 0 spiro atoms. The highest BCUT2D eigenvalue weighted by atomic mass is 35.5. The summed E-state index contributed by atoms with van der Waals surface area (Å²) in [6.45, 7) is -2.02. The number of alkyl halides is 3. The minimum Gasteiger partial charge on any atom is -0.481 e. The van der Waals surface area contributed by atoms with E-state index in [0.29, 0.717) is 14.3 Å². The van der Waals surface area contributed by atoms with Crippen molar-refractivity contribution < 1.29 is 37.4 Å². The second-order valence-electron chi connectivity index (χ2n) is 7.68. The minimum absolute atomic E-state index is 0.110. The number of carboxylic acid groups (broad SMARTS) is 1. The summed E-state index contributed by atoms with van der Waals surface area (Å²) < 4.78 is 54.2. The predicted octanol–water partition coefficient (Wildman–Crippen LogP) is 2.76. The Labute approximate surface area is 205 Å². The van der Waals surface area contributed by atoms with E-state index in [4.69, 9.17) is 16.7 Å². The van der Waals surface area contributed by atoms with Gasteiger partial charge in [-0.2, -0.15) is 13.2 Å². The summed E-state index contributed by atoms with van der Waals surface area (Å²) in [5.41, 5.74) is -1.07. The van der Waals surface area contributed by atoms with Crippen molar-refractivity contribution >= 4 is 23.5 Å². The molecule has 1 heterocycles. The Kier molecular flexibility index (Phi) is 8.15. The number of hydrogen-bond donors (Lipinski definition) is 3. The van der Waals surface area contributed by atoms with Crippen LogP contribution in [-0.4, -0.2) is 48.7 Å². The van der Waals surface area contributed by atoms with Gasteiger partial charge >= 0.3 is 17.8 Å². The molecule has 3 rings (SSSR count). The number of aliphatic hydroxyl groups is 1. The fourth-order valence-electron chi connectivity index (χ4n) is 3.34. The first-order chi connectivity index (χ1) is 16.9. The van der Waals surface area contributed by atoms with Crippen molar-refractivity contribution in [1.29, 1.82) is 0 Å². The van der Waals surface area contributed by atoms with E-state index in [1.54, 1.807) is 0 Å². The molecule has 1 amide bonds. The maximum Gasteiger partial charge on any atom is 0.416 e. The standard InChI is InChI=1S/C22H19ClF4N4O5/c23-13-7-5-12(6-8-13)20-29-31(21(36)30(20)10-17(32)22(25,26)27)11-18(33)28-16(9-19(34)35)14-3-1-2-4-15(14)24/h1-8,16-17,32H,9-11H2,(H,28,33)(H,34,35)/t16-,17-/m0/s1. The monoisotopic (exact) mass is 530 g/mol. The number of rotatable bonds is 9. The van der Waals surface area contributed by atoms with Gasteiger partial charge in [-0.05, 0) is 30.3 Å². The second-order valence-corrected chi connectivity index (χ2v) is 8.11. The van der Waals surface area contributed by atoms with Crippen LogP contribution in [0.1, 0.15) is 18.0 Å². The molecule has 0 unspecified atom stereocenters. The van der Waals surface area contributed by atoms with Gasteiger partial charge in [0.2, 0.25) is 5.91 Å². The fraction of sp³-hybridized carbons (Fsp3) is 0.273. The molecule has 3 aromatic rings. The van der Waals surface area contributed by atoms with Crippen LogP contribution in [0.3, 0.4) is 0 Å². The van der Waals surface area contributed by atoms with Gasteiger partial charge < -0.3 is 15.5 Å². The molecule has 0 radical (unpaired) electrons. The summed E-state index contributed by atoms with van der Waals surface area (Å²) in [6.07, 6.45) is -8.60. The number of aromatic nitrogens is 3. The van der Waals surface area contributed by atoms with Crippen LogP contribution in [0, 0.1) is 5.82 Å². The molecule has 1 aromatic heterocycles. The van der Waals surface area contributed by atoms with Crippen molar-refractivity contribution in [3.63, 3.8) is 0 Å². The number of amides is 1. The highest BCUT2D eigenvalue weighted by Gasteiger charge is 2.39. The first-order valence-electron chi connectivity index (χ1n) is 10.3. The van der Waals surface area contributed by atoms with Crippen LogP contribution in [0.5, 0.6) is 0 Å². The zero-order valence-electron chi connectivity index (χ0n) is 18.2. The minimum atomic E-state index is -5.03. The van der Waals surface area contributed by atoms with Gasteiger partial charge in [0.1, 0.15) is 12.4 Å². The van der Waals surface area contributed by atoms with Gasteiger partial charge in [-0.25, -0.2) is 13.9 Å². The lowest BCUT2D eigenvalue weighted by molar-refractivity contribution is -0.207. The molecule has 14 heteroatoms. The molecule has 0 fully saturated rings. The molecule has 2 atom stereocenters. The highest BCUT2D eigenvalue weighted by molar-refractivity contribution is 6.30. The van der Waals surface area contributed by atoms with Crippen LogP contribution >= 0.6 is 11.6 Å². The zero-order chi connectivity index (χ0) is 26.6. The van der Waals surface area contributed by atoms with Crippen molar-refractivity contribution in [1.82, 2.24) is 19.7 Å². The van der Waals surface area contributed by atoms with E-state index >= 15 is 0 Å². The van der Waals surface area contributed by atoms with Gasteiger partial charge in [0.25, 0.3) is 0 Å². The van der Waals surface area contributed by atoms with Gasteiger partial charge in [0.05, 0.1) is 19.0 Å². The Hall–Kier alpha value is -3.71. The van der Waals surface area contributed by atoms with Crippen molar-refractivity contribution in [3.8, 4) is 11.4 Å². The molecule has 192 valence electrons. The molecule has 36 heavy (non-hydrogen) atoms. The number of aliphatic hydroxyl groups excluding tert-OH is 1. The van der Waals surface area contributed by atoms with Gasteiger partial charge in [0, 0.05) is 16.1 Å². The molecule has 0 bridgehead atoms. The van der Waals surface area contributed by atoms with Crippen molar-refractivity contribution in [2.24, 2.45) is 0 Å². The molecule has 0 aliphatic carbocycles. The number of aliphatic carboxylic acids is 1. The number of benzene rings is 2. The van der Waals surface area contributed by atoms with Gasteiger partial charge in [-0.1, -0.05) is 29.8 Å². The van der Waals surface area contributed by atoms with E-state index < -0.39 is 61.2 Å². The SMILES string of the molecule is O=C(O)C[C@H](NC(=O)Cn1nc(-c2ccc(Cl)cc2)n(C[C@H](O)C(F)(F)F)c1=O)c1ccccc1F. The topological polar surface area (TPSA) is 126 Å². The number of halogens is 5.